The molecule has 182 valence electrons. The lowest BCUT2D eigenvalue weighted by atomic mass is 9.97. The van der Waals surface area contributed by atoms with Crippen molar-refractivity contribution in [3.63, 3.8) is 0 Å². The molecule has 3 heterocycles. The van der Waals surface area contributed by atoms with Crippen molar-refractivity contribution in [3.05, 3.63) is 49.5 Å². The molecule has 5 rings (SSSR count). The Labute approximate surface area is 220 Å². The zero-order chi connectivity index (χ0) is 24.5. The highest BCUT2D eigenvalue weighted by Crippen LogP contribution is 2.35. The molecule has 1 N–H and O–H groups in total. The molecule has 0 bridgehead atoms. The Kier molecular flexibility index (Phi) is 7.19. The van der Waals surface area contributed by atoms with E-state index in [0.717, 1.165) is 35.0 Å². The number of rotatable bonds is 7. The van der Waals surface area contributed by atoms with E-state index in [9.17, 15) is 9.59 Å². The zero-order valence-corrected chi connectivity index (χ0v) is 22.5. The van der Waals surface area contributed by atoms with Gasteiger partial charge in [0.25, 0.3) is 11.5 Å². The fraction of sp³-hybridized carbons (Fsp3) is 0.333. The third-order valence-corrected chi connectivity index (χ3v) is 9.20. The Bertz CT molecular complexity index is 1430. The van der Waals surface area contributed by atoms with Crippen LogP contribution in [0.4, 0.5) is 0 Å². The van der Waals surface area contributed by atoms with Crippen LogP contribution in [0.1, 0.15) is 28.8 Å². The van der Waals surface area contributed by atoms with Crippen molar-refractivity contribution in [3.8, 4) is 11.5 Å². The van der Waals surface area contributed by atoms with E-state index in [4.69, 9.17) is 26.7 Å². The summed E-state index contributed by atoms with van der Waals surface area (Å²) in [7, 11) is 3.37. The van der Waals surface area contributed by atoms with Crippen molar-refractivity contribution in [2.75, 3.05) is 19.5 Å². The molecule has 1 saturated heterocycles. The Morgan fingerprint density at radius 3 is 2.86 bits per heavy atom. The summed E-state index contributed by atoms with van der Waals surface area (Å²) in [5, 5.41) is 4.11. The fourth-order valence-electron chi connectivity index (χ4n) is 4.15. The second kappa shape index (κ2) is 10.3. The average Bonchev–Trinajstić information content (AvgIpc) is 3.38. The topological polar surface area (TPSA) is 82.5 Å². The van der Waals surface area contributed by atoms with Gasteiger partial charge in [-0.15, -0.1) is 11.3 Å². The number of carbonyl (C=O) groups excluding carboxylic acids is 1. The number of carbonyl (C=O) groups is 1. The summed E-state index contributed by atoms with van der Waals surface area (Å²) in [6, 6.07) is 5.51. The van der Waals surface area contributed by atoms with Gasteiger partial charge in [0.1, 0.15) is 9.15 Å². The molecule has 35 heavy (non-hydrogen) atoms. The minimum absolute atomic E-state index is 0.0408. The number of nitrogens with one attached hydrogen (secondary N) is 1. The van der Waals surface area contributed by atoms with E-state index in [1.54, 1.807) is 36.1 Å². The van der Waals surface area contributed by atoms with Gasteiger partial charge >= 0.3 is 0 Å². The van der Waals surface area contributed by atoms with E-state index < -0.39 is 0 Å². The number of aryl methyl sites for hydroxylation is 2. The molecule has 3 aromatic rings. The van der Waals surface area contributed by atoms with Crippen molar-refractivity contribution in [2.45, 2.75) is 30.8 Å². The first-order valence-corrected chi connectivity index (χ1v) is 14.2. The third-order valence-electron chi connectivity index (χ3n) is 5.85. The normalized spacial score (nSPS) is 16.6. The van der Waals surface area contributed by atoms with Gasteiger partial charge in [0, 0.05) is 17.7 Å². The largest absolute Gasteiger partial charge is 0.493 e. The molecular formula is C24H23N3O4S4. The number of thiocarbonyl (C=S) groups is 1. The van der Waals surface area contributed by atoms with Crippen LogP contribution in [-0.4, -0.2) is 39.2 Å². The molecule has 0 radical (unpaired) electrons. The number of methoxy groups -OCH3 is 1. The Morgan fingerprint density at radius 2 is 2.09 bits per heavy atom. The van der Waals surface area contributed by atoms with Crippen LogP contribution in [0.5, 0.6) is 11.5 Å². The predicted molar refractivity (Wildman–Crippen MR) is 147 cm³/mol. The van der Waals surface area contributed by atoms with Crippen LogP contribution in [0.15, 0.2) is 33.1 Å². The molecule has 1 fully saturated rings. The second-order valence-corrected chi connectivity index (χ2v) is 12.0. The standard InChI is InChI=1S/C24H23N3O4S4/c1-27-22(29)19-14-5-3-4-6-17(14)34-21(19)26-23(27)33-10-9-31-15-8-7-13(11-16(15)30-2)12-18-20(28)25-24(32)35-18/h7-8,11-12H,3-6,9-10H2,1-2H3,(H,25,28,32)/b18-12-. The van der Waals surface area contributed by atoms with Crippen molar-refractivity contribution in [1.82, 2.24) is 14.9 Å². The highest BCUT2D eigenvalue weighted by Gasteiger charge is 2.23. The van der Waals surface area contributed by atoms with Gasteiger partial charge in [-0.05, 0) is 55.0 Å². The number of hydrogen-bond acceptors (Lipinski definition) is 9. The number of amides is 1. The highest BCUT2D eigenvalue weighted by atomic mass is 32.2. The van der Waals surface area contributed by atoms with Crippen LogP contribution in [-0.2, 0) is 24.7 Å². The Hall–Kier alpha value is -2.34. The lowest BCUT2D eigenvalue weighted by Crippen LogP contribution is -2.21. The minimum Gasteiger partial charge on any atom is -0.493 e. The number of benzene rings is 1. The SMILES string of the molecule is COc1cc(/C=C2\SC(=S)NC2=O)ccc1OCCSc1nc2sc3c(c2c(=O)n1C)CCCC3. The number of aromatic nitrogens is 2. The van der Waals surface area contributed by atoms with Crippen LogP contribution >= 0.6 is 47.1 Å². The summed E-state index contributed by atoms with van der Waals surface area (Å²) >= 11 is 9.44. The first kappa shape index (κ1) is 24.4. The summed E-state index contributed by atoms with van der Waals surface area (Å²) in [5.41, 5.74) is 2.07. The van der Waals surface area contributed by atoms with Gasteiger partial charge in [-0.25, -0.2) is 4.98 Å². The summed E-state index contributed by atoms with van der Waals surface area (Å²) in [6.07, 6.45) is 6.12. The molecule has 0 unspecified atom stereocenters. The van der Waals surface area contributed by atoms with Crippen LogP contribution in [0.25, 0.3) is 16.3 Å². The smallest absolute Gasteiger partial charge is 0.263 e. The number of thiophene rings is 1. The van der Waals surface area contributed by atoms with E-state index in [2.05, 4.69) is 5.32 Å². The Balaban J connectivity index is 1.25. The van der Waals surface area contributed by atoms with Crippen LogP contribution in [0, 0.1) is 0 Å². The maximum atomic E-state index is 13.0. The van der Waals surface area contributed by atoms with E-state index >= 15 is 0 Å². The molecule has 2 aromatic heterocycles. The van der Waals surface area contributed by atoms with Gasteiger partial charge in [-0.2, -0.15) is 0 Å². The first-order valence-electron chi connectivity index (χ1n) is 11.1. The van der Waals surface area contributed by atoms with Crippen molar-refractivity contribution < 1.29 is 14.3 Å². The first-order chi connectivity index (χ1) is 16.9. The van der Waals surface area contributed by atoms with Crippen molar-refractivity contribution in [2.24, 2.45) is 7.05 Å². The minimum atomic E-state index is -0.194. The number of fused-ring (bicyclic) bond motifs is 3. The van der Waals surface area contributed by atoms with Crippen LogP contribution < -0.4 is 20.3 Å². The fourth-order valence-corrected chi connectivity index (χ4v) is 7.28. The number of hydrogen-bond donors (Lipinski definition) is 1. The number of thioether (sulfide) groups is 2. The average molecular weight is 546 g/mol. The zero-order valence-electron chi connectivity index (χ0n) is 19.2. The lowest BCUT2D eigenvalue weighted by molar-refractivity contribution is -0.115. The number of ether oxygens (including phenoxy) is 2. The van der Waals surface area contributed by atoms with Gasteiger partial charge in [-0.1, -0.05) is 41.8 Å². The molecule has 1 aliphatic heterocycles. The summed E-state index contributed by atoms with van der Waals surface area (Å²) in [4.78, 5) is 32.5. The molecule has 0 atom stereocenters. The molecule has 11 heteroatoms. The van der Waals surface area contributed by atoms with Crippen LogP contribution in [0.2, 0.25) is 0 Å². The summed E-state index contributed by atoms with van der Waals surface area (Å²) < 4.78 is 13.5. The van der Waals surface area contributed by atoms with Crippen molar-refractivity contribution >= 4 is 73.6 Å². The van der Waals surface area contributed by atoms with Gasteiger partial charge in [0.2, 0.25) is 0 Å². The van der Waals surface area contributed by atoms with Gasteiger partial charge in [0.15, 0.2) is 16.7 Å². The van der Waals surface area contributed by atoms with Gasteiger partial charge in [-0.3, -0.25) is 14.2 Å². The second-order valence-electron chi connectivity index (χ2n) is 8.11. The molecular weight excluding hydrogens is 523 g/mol. The molecule has 2 aliphatic rings. The molecule has 1 amide bonds. The molecule has 1 aliphatic carbocycles. The van der Waals surface area contributed by atoms with Crippen LogP contribution in [0.3, 0.4) is 0 Å². The Morgan fingerprint density at radius 1 is 1.26 bits per heavy atom. The monoisotopic (exact) mass is 545 g/mol. The maximum absolute atomic E-state index is 13.0. The highest BCUT2D eigenvalue weighted by molar-refractivity contribution is 8.26. The molecule has 1 aromatic carbocycles. The third kappa shape index (κ3) is 5.00. The quantitative estimate of drug-likeness (QED) is 0.152. The van der Waals surface area contributed by atoms with Crippen molar-refractivity contribution in [1.29, 1.82) is 0 Å². The van der Waals surface area contributed by atoms with E-state index in [1.807, 2.05) is 18.2 Å². The summed E-state index contributed by atoms with van der Waals surface area (Å²) in [5.74, 6) is 1.62. The number of nitrogens with zero attached hydrogens (tertiary/aromatic N) is 2. The molecule has 0 saturated carbocycles. The van der Waals surface area contributed by atoms with Gasteiger partial charge < -0.3 is 14.8 Å². The van der Waals surface area contributed by atoms with E-state index in [-0.39, 0.29) is 11.5 Å². The van der Waals surface area contributed by atoms with E-state index in [1.165, 1.54) is 40.4 Å². The van der Waals surface area contributed by atoms with Gasteiger partial charge in [0.05, 0.1) is 24.0 Å². The predicted octanol–water partition coefficient (Wildman–Crippen LogP) is 4.54. The summed E-state index contributed by atoms with van der Waals surface area (Å²) in [6.45, 7) is 0.419. The lowest BCUT2D eigenvalue weighted by Gasteiger charge is -2.12. The maximum Gasteiger partial charge on any atom is 0.263 e. The molecule has 7 nitrogen and oxygen atoms in total. The van der Waals surface area contributed by atoms with E-state index in [0.29, 0.717) is 38.2 Å². The molecule has 0 spiro atoms.